The molecule has 1 N–H and O–H groups in total. The van der Waals surface area contributed by atoms with Crippen LogP contribution in [0.1, 0.15) is 17.7 Å². The smallest absolute Gasteiger partial charge is 0.213 e. The van der Waals surface area contributed by atoms with Gasteiger partial charge in [0.1, 0.15) is 0 Å². The first-order valence-corrected chi connectivity index (χ1v) is 5.08. The van der Waals surface area contributed by atoms with Crippen molar-refractivity contribution in [1.82, 2.24) is 10.3 Å². The number of aromatic nitrogens is 1. The van der Waals surface area contributed by atoms with Crippen LogP contribution in [0.25, 0.3) is 0 Å². The van der Waals surface area contributed by atoms with E-state index in [9.17, 15) is 4.39 Å². The zero-order valence-corrected chi connectivity index (χ0v) is 8.39. The number of nitrogens with zero attached hydrogens (tertiary/aromatic N) is 1. The predicted octanol–water partition coefficient (Wildman–Crippen LogP) is 1.68. The van der Waals surface area contributed by atoms with Crippen LogP contribution in [0.4, 0.5) is 4.39 Å². The summed E-state index contributed by atoms with van der Waals surface area (Å²) >= 11 is 0. The molecule has 1 unspecified atom stereocenters. The number of aryl methyl sites for hydroxylation is 1. The third-order valence-electron chi connectivity index (χ3n) is 2.67. The molecule has 2 rings (SSSR count). The quantitative estimate of drug-likeness (QED) is 0.724. The lowest BCUT2D eigenvalue weighted by Crippen LogP contribution is -2.11. The monoisotopic (exact) mass is 194 g/mol. The molecule has 1 fully saturated rings. The van der Waals surface area contributed by atoms with Gasteiger partial charge in [0.15, 0.2) is 0 Å². The molecule has 0 amide bonds. The molecule has 0 spiro atoms. The SMILES string of the molecule is Cc1cc(CC2CCNC2)cc(F)n1. The maximum Gasteiger partial charge on any atom is 0.213 e. The molecule has 0 radical (unpaired) electrons. The molecule has 1 saturated heterocycles. The van der Waals surface area contributed by atoms with Crippen molar-refractivity contribution in [2.45, 2.75) is 19.8 Å². The Morgan fingerprint density at radius 2 is 2.43 bits per heavy atom. The maximum atomic E-state index is 13.0. The molecule has 14 heavy (non-hydrogen) atoms. The molecule has 76 valence electrons. The van der Waals surface area contributed by atoms with E-state index >= 15 is 0 Å². The van der Waals surface area contributed by atoms with Crippen molar-refractivity contribution in [2.24, 2.45) is 5.92 Å². The van der Waals surface area contributed by atoms with Crippen molar-refractivity contribution in [3.05, 3.63) is 29.3 Å². The molecule has 1 aliphatic rings. The molecule has 1 aliphatic heterocycles. The number of hydrogen-bond acceptors (Lipinski definition) is 2. The highest BCUT2D eigenvalue weighted by Gasteiger charge is 2.15. The predicted molar refractivity (Wildman–Crippen MR) is 53.6 cm³/mol. The van der Waals surface area contributed by atoms with Crippen LogP contribution in [-0.4, -0.2) is 18.1 Å². The van der Waals surface area contributed by atoms with Crippen LogP contribution < -0.4 is 5.32 Å². The molecule has 0 bridgehead atoms. The van der Waals surface area contributed by atoms with Gasteiger partial charge in [-0.1, -0.05) is 0 Å². The standard InChI is InChI=1S/C11H15FN2/c1-8-4-10(6-11(12)14-8)5-9-2-3-13-7-9/h4,6,9,13H,2-3,5,7H2,1H3. The number of hydrogen-bond donors (Lipinski definition) is 1. The summed E-state index contributed by atoms with van der Waals surface area (Å²) < 4.78 is 13.0. The minimum absolute atomic E-state index is 0.356. The summed E-state index contributed by atoms with van der Waals surface area (Å²) in [4.78, 5) is 3.73. The second kappa shape index (κ2) is 4.05. The Bertz CT molecular complexity index is 299. The first-order chi connectivity index (χ1) is 6.74. The van der Waals surface area contributed by atoms with Crippen LogP contribution >= 0.6 is 0 Å². The van der Waals surface area contributed by atoms with Crippen LogP contribution in [0, 0.1) is 18.8 Å². The number of halogens is 1. The highest BCUT2D eigenvalue weighted by molar-refractivity contribution is 5.17. The third kappa shape index (κ3) is 2.29. The van der Waals surface area contributed by atoms with E-state index in [1.165, 1.54) is 6.42 Å². The van der Waals surface area contributed by atoms with Crippen LogP contribution in [0.3, 0.4) is 0 Å². The molecular formula is C11H15FN2. The van der Waals surface area contributed by atoms with Gasteiger partial charge in [0.2, 0.25) is 5.95 Å². The Morgan fingerprint density at radius 1 is 1.57 bits per heavy atom. The molecule has 2 heterocycles. The molecule has 0 aromatic carbocycles. The summed E-state index contributed by atoms with van der Waals surface area (Å²) in [6.07, 6.45) is 2.16. The zero-order valence-electron chi connectivity index (χ0n) is 8.39. The van der Waals surface area contributed by atoms with Crippen LogP contribution in [-0.2, 0) is 6.42 Å². The van der Waals surface area contributed by atoms with Gasteiger partial charge in [0, 0.05) is 5.69 Å². The second-order valence-corrected chi connectivity index (χ2v) is 4.00. The Kier molecular flexibility index (Phi) is 2.77. The molecular weight excluding hydrogens is 179 g/mol. The van der Waals surface area contributed by atoms with Gasteiger partial charge in [0.25, 0.3) is 0 Å². The first kappa shape index (κ1) is 9.59. The highest BCUT2D eigenvalue weighted by atomic mass is 19.1. The Hall–Kier alpha value is -0.960. The second-order valence-electron chi connectivity index (χ2n) is 4.00. The summed E-state index contributed by atoms with van der Waals surface area (Å²) in [5, 5.41) is 3.31. The lowest BCUT2D eigenvalue weighted by atomic mass is 9.99. The summed E-state index contributed by atoms with van der Waals surface area (Å²) in [5.74, 6) is 0.308. The van der Waals surface area contributed by atoms with E-state index in [-0.39, 0.29) is 5.95 Å². The number of pyridine rings is 1. The number of rotatable bonds is 2. The highest BCUT2D eigenvalue weighted by Crippen LogP contribution is 2.16. The molecule has 3 heteroatoms. The van der Waals surface area contributed by atoms with Crippen LogP contribution in [0.15, 0.2) is 12.1 Å². The van der Waals surface area contributed by atoms with E-state index < -0.39 is 0 Å². The molecule has 1 aromatic heterocycles. The van der Waals surface area contributed by atoms with Gasteiger partial charge in [-0.25, -0.2) is 4.98 Å². The van der Waals surface area contributed by atoms with Crippen molar-refractivity contribution in [3.63, 3.8) is 0 Å². The number of nitrogens with one attached hydrogen (secondary N) is 1. The summed E-state index contributed by atoms with van der Waals surface area (Å²) in [6.45, 7) is 3.99. The van der Waals surface area contributed by atoms with Crippen molar-refractivity contribution in [3.8, 4) is 0 Å². The lowest BCUT2D eigenvalue weighted by molar-refractivity contribution is 0.557. The van der Waals surface area contributed by atoms with E-state index in [4.69, 9.17) is 0 Å². The minimum Gasteiger partial charge on any atom is -0.316 e. The van der Waals surface area contributed by atoms with E-state index in [1.54, 1.807) is 6.07 Å². The van der Waals surface area contributed by atoms with E-state index in [0.29, 0.717) is 5.92 Å². The third-order valence-corrected chi connectivity index (χ3v) is 2.67. The van der Waals surface area contributed by atoms with Gasteiger partial charge in [0.05, 0.1) is 0 Å². The van der Waals surface area contributed by atoms with Gasteiger partial charge >= 0.3 is 0 Å². The summed E-state index contributed by atoms with van der Waals surface area (Å²) in [6, 6.07) is 3.52. The first-order valence-electron chi connectivity index (χ1n) is 5.08. The van der Waals surface area contributed by atoms with Gasteiger partial charge in [-0.3, -0.25) is 0 Å². The zero-order chi connectivity index (χ0) is 9.97. The normalized spacial score (nSPS) is 21.4. The van der Waals surface area contributed by atoms with Crippen LogP contribution in [0.2, 0.25) is 0 Å². The van der Waals surface area contributed by atoms with Gasteiger partial charge in [-0.05, 0) is 56.5 Å². The fraction of sp³-hybridized carbons (Fsp3) is 0.545. The lowest BCUT2D eigenvalue weighted by Gasteiger charge is -2.08. The van der Waals surface area contributed by atoms with E-state index in [2.05, 4.69) is 10.3 Å². The fourth-order valence-corrected chi connectivity index (χ4v) is 2.04. The van der Waals surface area contributed by atoms with Gasteiger partial charge in [-0.2, -0.15) is 4.39 Å². The Morgan fingerprint density at radius 3 is 3.07 bits per heavy atom. The van der Waals surface area contributed by atoms with Crippen LogP contribution in [0.5, 0.6) is 0 Å². The van der Waals surface area contributed by atoms with Crippen molar-refractivity contribution >= 4 is 0 Å². The topological polar surface area (TPSA) is 24.9 Å². The molecule has 0 saturated carbocycles. The summed E-state index contributed by atoms with van der Waals surface area (Å²) in [5.41, 5.74) is 1.84. The maximum absolute atomic E-state index is 13.0. The van der Waals surface area contributed by atoms with Gasteiger partial charge < -0.3 is 5.32 Å². The minimum atomic E-state index is -0.356. The van der Waals surface area contributed by atoms with Crippen molar-refractivity contribution in [1.29, 1.82) is 0 Å². The fourth-order valence-electron chi connectivity index (χ4n) is 2.04. The van der Waals surface area contributed by atoms with Crippen molar-refractivity contribution < 1.29 is 4.39 Å². The van der Waals surface area contributed by atoms with Crippen molar-refractivity contribution in [2.75, 3.05) is 13.1 Å². The Balaban J connectivity index is 2.07. The average molecular weight is 194 g/mol. The van der Waals surface area contributed by atoms with E-state index in [0.717, 1.165) is 30.8 Å². The molecule has 1 atom stereocenters. The molecule has 1 aromatic rings. The average Bonchev–Trinajstić information content (AvgIpc) is 2.54. The molecule has 0 aliphatic carbocycles. The van der Waals surface area contributed by atoms with E-state index in [1.807, 2.05) is 13.0 Å². The largest absolute Gasteiger partial charge is 0.316 e. The Labute approximate surface area is 83.6 Å². The summed E-state index contributed by atoms with van der Waals surface area (Å²) in [7, 11) is 0. The van der Waals surface area contributed by atoms with Gasteiger partial charge in [-0.15, -0.1) is 0 Å². The molecule has 2 nitrogen and oxygen atoms in total.